The Bertz CT molecular complexity index is 1020. The van der Waals surface area contributed by atoms with E-state index in [-0.39, 0.29) is 0 Å². The molecule has 0 radical (unpaired) electrons. The molecule has 4 aromatic rings. The number of aromatic nitrogens is 1. The fourth-order valence-electron chi connectivity index (χ4n) is 3.50. The van der Waals surface area contributed by atoms with E-state index in [0.717, 1.165) is 27.3 Å². The molecule has 2 N–H and O–H groups in total. The summed E-state index contributed by atoms with van der Waals surface area (Å²) in [6.45, 7) is 2.96. The second-order valence-electron chi connectivity index (χ2n) is 6.59. The van der Waals surface area contributed by atoms with Crippen LogP contribution in [0.1, 0.15) is 5.56 Å². The average molecular weight is 365 g/mol. The van der Waals surface area contributed by atoms with E-state index in [2.05, 4.69) is 46.3 Å². The van der Waals surface area contributed by atoms with Gasteiger partial charge in [-0.25, -0.2) is 0 Å². The summed E-state index contributed by atoms with van der Waals surface area (Å²) in [7, 11) is 0. The van der Waals surface area contributed by atoms with Gasteiger partial charge < -0.3 is 15.0 Å². The molecule has 0 saturated heterocycles. The minimum atomic E-state index is -0.521. The lowest BCUT2D eigenvalue weighted by molar-refractivity contribution is 0.169. The first-order valence-electron chi connectivity index (χ1n) is 8.78. The van der Waals surface area contributed by atoms with Crippen LogP contribution in [-0.2, 0) is 6.54 Å². The van der Waals surface area contributed by atoms with Gasteiger partial charge in [0.05, 0.1) is 12.6 Å². The topological polar surface area (TPSA) is 37.2 Å². The molecule has 0 spiro atoms. The molecule has 1 aromatic heterocycles. The molecular formula is C22H21ClN2O. The smallest absolute Gasteiger partial charge is 0.0891 e. The zero-order valence-electron chi connectivity index (χ0n) is 14.6. The van der Waals surface area contributed by atoms with Gasteiger partial charge in [0.15, 0.2) is 0 Å². The van der Waals surface area contributed by atoms with Crippen LogP contribution in [-0.4, -0.2) is 22.3 Å². The zero-order chi connectivity index (χ0) is 18.1. The van der Waals surface area contributed by atoms with Gasteiger partial charge in [-0.15, -0.1) is 0 Å². The molecule has 4 rings (SSSR count). The van der Waals surface area contributed by atoms with Crippen molar-refractivity contribution in [3.8, 4) is 0 Å². The Hall–Kier alpha value is -2.49. The van der Waals surface area contributed by atoms with Crippen molar-refractivity contribution in [1.82, 2.24) is 4.57 Å². The third-order valence-corrected chi connectivity index (χ3v) is 5.28. The number of nitrogens with one attached hydrogen (secondary N) is 1. The highest BCUT2D eigenvalue weighted by atomic mass is 35.5. The van der Waals surface area contributed by atoms with E-state index in [4.69, 9.17) is 11.6 Å². The lowest BCUT2D eigenvalue weighted by Gasteiger charge is -2.17. The summed E-state index contributed by atoms with van der Waals surface area (Å²) in [5, 5.41) is 17.1. The van der Waals surface area contributed by atoms with Crippen LogP contribution in [0.3, 0.4) is 0 Å². The van der Waals surface area contributed by atoms with E-state index in [1.165, 1.54) is 10.8 Å². The molecule has 1 atom stereocenters. The van der Waals surface area contributed by atoms with Crippen molar-refractivity contribution in [3.63, 3.8) is 0 Å². The van der Waals surface area contributed by atoms with Crippen LogP contribution in [0, 0.1) is 6.92 Å². The summed E-state index contributed by atoms with van der Waals surface area (Å²) in [5.74, 6) is 0. The zero-order valence-corrected chi connectivity index (χ0v) is 15.4. The van der Waals surface area contributed by atoms with Gasteiger partial charge in [-0.3, -0.25) is 0 Å². The maximum Gasteiger partial charge on any atom is 0.0891 e. The standard InChI is InChI=1S/C22H21ClN2O/c1-15-19(23)9-6-10-20(15)24-13-16(26)14-25-21-11-4-2-7-17(21)18-8-3-5-12-22(18)25/h2-12,16,24,26H,13-14H2,1H3/t16-/m1/s1. The first kappa shape index (κ1) is 17.0. The Morgan fingerprint density at radius 2 is 1.54 bits per heavy atom. The summed E-state index contributed by atoms with van der Waals surface area (Å²) in [5.41, 5.74) is 4.25. The number of halogens is 1. The van der Waals surface area contributed by atoms with E-state index >= 15 is 0 Å². The molecule has 0 fully saturated rings. The molecule has 3 nitrogen and oxygen atoms in total. The normalized spacial score (nSPS) is 12.6. The van der Waals surface area contributed by atoms with Crippen molar-refractivity contribution in [2.45, 2.75) is 19.6 Å². The second kappa shape index (κ2) is 7.02. The van der Waals surface area contributed by atoms with Gasteiger partial charge in [0.1, 0.15) is 0 Å². The molecule has 0 saturated carbocycles. The van der Waals surface area contributed by atoms with E-state index in [1.54, 1.807) is 0 Å². The number of benzene rings is 3. The van der Waals surface area contributed by atoms with Crippen molar-refractivity contribution < 1.29 is 5.11 Å². The minimum Gasteiger partial charge on any atom is -0.389 e. The monoisotopic (exact) mass is 364 g/mol. The molecule has 0 aliphatic heterocycles. The molecule has 132 valence electrons. The minimum absolute atomic E-state index is 0.460. The number of aliphatic hydroxyl groups is 1. The van der Waals surface area contributed by atoms with Crippen molar-refractivity contribution in [2.24, 2.45) is 0 Å². The molecular weight excluding hydrogens is 344 g/mol. The summed E-state index contributed by atoms with van der Waals surface area (Å²) in [4.78, 5) is 0. The average Bonchev–Trinajstić information content (AvgIpc) is 2.97. The fourth-order valence-corrected chi connectivity index (χ4v) is 3.68. The van der Waals surface area contributed by atoms with Crippen molar-refractivity contribution in [3.05, 3.63) is 77.3 Å². The van der Waals surface area contributed by atoms with Crippen molar-refractivity contribution in [2.75, 3.05) is 11.9 Å². The van der Waals surface area contributed by atoms with Crippen LogP contribution in [0.5, 0.6) is 0 Å². The van der Waals surface area contributed by atoms with Gasteiger partial charge in [-0.05, 0) is 36.8 Å². The van der Waals surface area contributed by atoms with Gasteiger partial charge >= 0.3 is 0 Å². The van der Waals surface area contributed by atoms with Crippen LogP contribution in [0.15, 0.2) is 66.7 Å². The van der Waals surface area contributed by atoms with Crippen LogP contribution >= 0.6 is 11.6 Å². The van der Waals surface area contributed by atoms with Gasteiger partial charge in [0.2, 0.25) is 0 Å². The van der Waals surface area contributed by atoms with E-state index < -0.39 is 6.10 Å². The summed E-state index contributed by atoms with van der Waals surface area (Å²) in [6.07, 6.45) is -0.521. The van der Waals surface area contributed by atoms with Gasteiger partial charge in [0, 0.05) is 39.1 Å². The molecule has 0 unspecified atom stereocenters. The fraction of sp³-hybridized carbons (Fsp3) is 0.182. The molecule has 1 heterocycles. The number of anilines is 1. The Labute approximate surface area is 157 Å². The predicted octanol–water partition coefficient (Wildman–Crippen LogP) is 5.23. The largest absolute Gasteiger partial charge is 0.389 e. The Kier molecular flexibility index (Phi) is 4.58. The lowest BCUT2D eigenvalue weighted by atomic mass is 10.2. The van der Waals surface area contributed by atoms with E-state index in [0.29, 0.717) is 13.1 Å². The molecule has 4 heteroatoms. The number of rotatable bonds is 5. The van der Waals surface area contributed by atoms with E-state index in [9.17, 15) is 5.11 Å². The molecule has 0 aliphatic carbocycles. The predicted molar refractivity (Wildman–Crippen MR) is 110 cm³/mol. The van der Waals surface area contributed by atoms with Crippen LogP contribution < -0.4 is 5.32 Å². The third-order valence-electron chi connectivity index (χ3n) is 4.87. The highest BCUT2D eigenvalue weighted by Gasteiger charge is 2.13. The number of fused-ring (bicyclic) bond motifs is 3. The quantitative estimate of drug-likeness (QED) is 0.508. The van der Waals surface area contributed by atoms with Crippen LogP contribution in [0.25, 0.3) is 21.8 Å². The maximum atomic E-state index is 10.6. The van der Waals surface area contributed by atoms with Gasteiger partial charge in [-0.2, -0.15) is 0 Å². The third kappa shape index (κ3) is 3.05. The van der Waals surface area contributed by atoms with Gasteiger partial charge in [-0.1, -0.05) is 54.1 Å². The molecule has 26 heavy (non-hydrogen) atoms. The molecule has 0 aliphatic rings. The number of nitrogens with zero attached hydrogens (tertiary/aromatic N) is 1. The second-order valence-corrected chi connectivity index (χ2v) is 7.00. The summed E-state index contributed by atoms with van der Waals surface area (Å²) >= 11 is 6.17. The number of hydrogen-bond acceptors (Lipinski definition) is 2. The molecule has 3 aromatic carbocycles. The van der Waals surface area contributed by atoms with Crippen LogP contribution in [0.4, 0.5) is 5.69 Å². The Balaban J connectivity index is 1.59. The van der Waals surface area contributed by atoms with Crippen LogP contribution in [0.2, 0.25) is 5.02 Å². The Morgan fingerprint density at radius 1 is 0.923 bits per heavy atom. The maximum absolute atomic E-state index is 10.6. The molecule has 0 amide bonds. The SMILES string of the molecule is Cc1c(Cl)cccc1NC[C@@H](O)Cn1c2ccccc2c2ccccc21. The lowest BCUT2D eigenvalue weighted by Crippen LogP contribution is -2.25. The first-order chi connectivity index (χ1) is 12.6. The summed E-state index contributed by atoms with van der Waals surface area (Å²) < 4.78 is 2.20. The highest BCUT2D eigenvalue weighted by Crippen LogP contribution is 2.29. The van der Waals surface area contributed by atoms with E-state index in [1.807, 2.05) is 37.3 Å². The van der Waals surface area contributed by atoms with Crippen molar-refractivity contribution in [1.29, 1.82) is 0 Å². The number of hydrogen-bond donors (Lipinski definition) is 2. The van der Waals surface area contributed by atoms with Gasteiger partial charge in [0.25, 0.3) is 0 Å². The number of aliphatic hydroxyl groups excluding tert-OH is 1. The Morgan fingerprint density at radius 3 is 2.19 bits per heavy atom. The van der Waals surface area contributed by atoms with Crippen molar-refractivity contribution >= 4 is 39.1 Å². The molecule has 0 bridgehead atoms. The highest BCUT2D eigenvalue weighted by molar-refractivity contribution is 6.31. The number of para-hydroxylation sites is 2. The summed E-state index contributed by atoms with van der Waals surface area (Å²) in [6, 6.07) is 22.4. The first-order valence-corrected chi connectivity index (χ1v) is 9.16.